The van der Waals surface area contributed by atoms with E-state index in [-0.39, 0.29) is 10.8 Å². The van der Waals surface area contributed by atoms with Gasteiger partial charge in [0.1, 0.15) is 11.6 Å². The van der Waals surface area contributed by atoms with Gasteiger partial charge >= 0.3 is 0 Å². The summed E-state index contributed by atoms with van der Waals surface area (Å²) in [6.07, 6.45) is 15.9. The first-order chi connectivity index (χ1) is 34.5. The van der Waals surface area contributed by atoms with Gasteiger partial charge in [0.25, 0.3) is 0 Å². The van der Waals surface area contributed by atoms with Crippen LogP contribution in [0.4, 0.5) is 0 Å². The molecule has 8 fully saturated rings. The summed E-state index contributed by atoms with van der Waals surface area (Å²) in [5.41, 5.74) is 7.15. The van der Waals surface area contributed by atoms with Crippen LogP contribution >= 0.6 is 0 Å². The largest absolute Gasteiger partial charge is 0.309 e. The minimum atomic E-state index is -2.78. The highest BCUT2D eigenvalue weighted by molar-refractivity contribution is 7.19. The van der Waals surface area contributed by atoms with E-state index in [1.807, 2.05) is 0 Å². The summed E-state index contributed by atoms with van der Waals surface area (Å²) in [5, 5.41) is 8.05. The molecular formula is C65H60N4Si. The van der Waals surface area contributed by atoms with Gasteiger partial charge in [0.15, 0.2) is 13.9 Å². The van der Waals surface area contributed by atoms with Crippen LogP contribution in [-0.2, 0) is 10.8 Å². The fraction of sp³-hybridized carbons (Fsp3) is 0.308. The highest BCUT2D eigenvalue weighted by atomic mass is 28.3. The first-order valence-corrected chi connectivity index (χ1v) is 28.7. The molecule has 7 aromatic carbocycles. The maximum absolute atomic E-state index is 5.93. The van der Waals surface area contributed by atoms with Crippen LogP contribution in [0.1, 0.15) is 88.7 Å². The third kappa shape index (κ3) is 6.35. The molecule has 4 nitrogen and oxygen atoms in total. The van der Waals surface area contributed by atoms with Gasteiger partial charge < -0.3 is 4.57 Å². The molecule has 0 spiro atoms. The number of aromatic nitrogens is 4. The lowest BCUT2D eigenvalue weighted by atomic mass is 9.49. The third-order valence-corrected chi connectivity index (χ3v) is 23.7. The third-order valence-electron chi connectivity index (χ3n) is 19.0. The molecule has 0 radical (unpaired) electrons. The Morgan fingerprint density at radius 1 is 0.371 bits per heavy atom. The van der Waals surface area contributed by atoms with Gasteiger partial charge in [-0.25, -0.2) is 15.0 Å². The fourth-order valence-corrected chi connectivity index (χ4v) is 21.8. The van der Waals surface area contributed by atoms with E-state index >= 15 is 0 Å². The Morgan fingerprint density at radius 2 is 0.771 bits per heavy atom. The van der Waals surface area contributed by atoms with Crippen molar-refractivity contribution in [3.05, 3.63) is 194 Å². The van der Waals surface area contributed by atoms with Crippen molar-refractivity contribution in [3.8, 4) is 28.2 Å². The van der Waals surface area contributed by atoms with Crippen LogP contribution < -0.4 is 20.7 Å². The zero-order valence-corrected chi connectivity index (χ0v) is 41.1. The van der Waals surface area contributed by atoms with Crippen molar-refractivity contribution in [2.45, 2.75) is 87.9 Å². The monoisotopic (exact) mass is 924 g/mol. The summed E-state index contributed by atoms with van der Waals surface area (Å²) in [6, 6.07) is 68.7. The molecule has 70 heavy (non-hydrogen) atoms. The summed E-state index contributed by atoms with van der Waals surface area (Å²) in [6.45, 7) is 0. The topological polar surface area (TPSA) is 43.6 Å². The molecule has 0 unspecified atom stereocenters. The van der Waals surface area contributed by atoms with Crippen LogP contribution in [-0.4, -0.2) is 27.6 Å². The predicted octanol–water partition coefficient (Wildman–Crippen LogP) is 12.6. The smallest absolute Gasteiger partial charge is 0.179 e. The molecule has 2 aromatic heterocycles. The van der Waals surface area contributed by atoms with Crippen molar-refractivity contribution >= 4 is 50.6 Å². The number of nitrogens with zero attached hydrogens (tertiary/aromatic N) is 4. The lowest BCUT2D eigenvalue weighted by Gasteiger charge is -2.57. The van der Waals surface area contributed by atoms with Gasteiger partial charge in [-0.05, 0) is 169 Å². The van der Waals surface area contributed by atoms with E-state index in [9.17, 15) is 0 Å². The van der Waals surface area contributed by atoms with Crippen LogP contribution in [0.15, 0.2) is 182 Å². The fourth-order valence-electron chi connectivity index (χ4n) is 17.0. The number of hydrogen-bond acceptors (Lipinski definition) is 3. The van der Waals surface area contributed by atoms with Gasteiger partial charge in [-0.3, -0.25) is 0 Å². The van der Waals surface area contributed by atoms with Gasteiger partial charge in [0.05, 0.1) is 16.7 Å². The van der Waals surface area contributed by atoms with Crippen LogP contribution in [0.25, 0.3) is 50.0 Å². The van der Waals surface area contributed by atoms with Crippen molar-refractivity contribution in [2.24, 2.45) is 35.5 Å². The first-order valence-electron chi connectivity index (χ1n) is 26.7. The molecule has 8 aliphatic carbocycles. The van der Waals surface area contributed by atoms with E-state index in [2.05, 4.69) is 187 Å². The Balaban J connectivity index is 0.980. The summed E-state index contributed by atoms with van der Waals surface area (Å²) in [5.74, 6) is 7.96. The molecule has 8 saturated carbocycles. The van der Waals surface area contributed by atoms with Gasteiger partial charge in [-0.15, -0.1) is 0 Å². The Labute approximate surface area is 413 Å². The zero-order valence-electron chi connectivity index (χ0n) is 40.1. The molecule has 344 valence electrons. The zero-order chi connectivity index (χ0) is 46.0. The SMILES string of the molecule is c1ccc([Si](c2ccccc2)(c2ccccc2)c2cccc(-c3ccc(-n4c5ccccc5c5ccccc54)c(-c4nc(C56CC7CC(CC(C7)C5)C6)nc(C56CC7CC(CC(C7)C5)C6)n4)c3)c2)cc1. The second-order valence-corrected chi connectivity index (χ2v) is 27.0. The number of fused-ring (bicyclic) bond motifs is 3. The Hall–Kier alpha value is -6.43. The molecule has 0 amide bonds. The van der Waals surface area contributed by atoms with Crippen molar-refractivity contribution in [2.75, 3.05) is 0 Å². The molecule has 0 atom stereocenters. The molecule has 17 rings (SSSR count). The Kier molecular flexibility index (Phi) is 9.33. The second-order valence-electron chi connectivity index (χ2n) is 23.2. The summed E-state index contributed by atoms with van der Waals surface area (Å²) < 4.78 is 2.51. The molecule has 8 bridgehead atoms. The quantitative estimate of drug-likeness (QED) is 0.107. The van der Waals surface area contributed by atoms with Crippen LogP contribution in [0.2, 0.25) is 0 Å². The standard InChI is InChI=1S/C65H60N4Si/c1-4-16-51(17-5-1)70(52-18-6-2-7-19-52,53-20-8-3-9-21-53)54-22-14-15-49(35-54)50-27-28-60(69-58-25-12-10-23-55(58)56-24-11-13-26-59(56)69)57(36-50)61-66-62(64-37-43-29-44(38-64)31-45(30-43)39-64)68-63(67-61)65-40-46-32-47(41-65)34-48(33-46)42-65/h1-28,35-36,43-48H,29-34,37-42H2. The van der Waals surface area contributed by atoms with E-state index in [4.69, 9.17) is 15.0 Å². The predicted molar refractivity (Wildman–Crippen MR) is 288 cm³/mol. The molecule has 0 saturated heterocycles. The molecule has 5 heteroatoms. The summed E-state index contributed by atoms with van der Waals surface area (Å²) in [7, 11) is -2.78. The Bertz CT molecular complexity index is 3180. The van der Waals surface area contributed by atoms with Crippen LogP contribution in [0, 0.1) is 35.5 Å². The number of benzene rings is 7. The highest BCUT2D eigenvalue weighted by Gasteiger charge is 2.56. The van der Waals surface area contributed by atoms with E-state index in [1.54, 1.807) is 0 Å². The number of rotatable bonds is 9. The van der Waals surface area contributed by atoms with Crippen molar-refractivity contribution in [1.29, 1.82) is 0 Å². The summed E-state index contributed by atoms with van der Waals surface area (Å²) in [4.78, 5) is 17.8. The normalized spacial score (nSPS) is 27.4. The van der Waals surface area contributed by atoms with Gasteiger partial charge in [-0.1, -0.05) is 158 Å². The van der Waals surface area contributed by atoms with Crippen molar-refractivity contribution in [1.82, 2.24) is 19.5 Å². The van der Waals surface area contributed by atoms with Crippen LogP contribution in [0.3, 0.4) is 0 Å². The minimum Gasteiger partial charge on any atom is -0.309 e. The molecular weight excluding hydrogens is 865 g/mol. The molecule has 9 aromatic rings. The van der Waals surface area contributed by atoms with E-state index in [0.717, 1.165) is 64.2 Å². The maximum Gasteiger partial charge on any atom is 0.179 e. The van der Waals surface area contributed by atoms with Gasteiger partial charge in [-0.2, -0.15) is 0 Å². The number of para-hydroxylation sites is 2. The Morgan fingerprint density at radius 3 is 1.23 bits per heavy atom. The lowest BCUT2D eigenvalue weighted by molar-refractivity contribution is -0.0155. The average molecular weight is 925 g/mol. The number of hydrogen-bond donors (Lipinski definition) is 0. The first kappa shape index (κ1) is 41.4. The highest BCUT2D eigenvalue weighted by Crippen LogP contribution is 2.62. The van der Waals surface area contributed by atoms with Crippen molar-refractivity contribution in [3.63, 3.8) is 0 Å². The van der Waals surface area contributed by atoms with E-state index < -0.39 is 8.07 Å². The second kappa shape index (κ2) is 15.8. The average Bonchev–Trinajstić information content (AvgIpc) is 3.73. The minimum absolute atomic E-state index is 0.0444. The van der Waals surface area contributed by atoms with E-state index in [0.29, 0.717) is 0 Å². The maximum atomic E-state index is 5.93. The van der Waals surface area contributed by atoms with Gasteiger partial charge in [0.2, 0.25) is 0 Å². The molecule has 8 aliphatic rings. The van der Waals surface area contributed by atoms with Gasteiger partial charge in [0, 0.05) is 27.2 Å². The van der Waals surface area contributed by atoms with Crippen LogP contribution in [0.5, 0.6) is 0 Å². The molecule has 0 N–H and O–H groups in total. The van der Waals surface area contributed by atoms with Crippen molar-refractivity contribution < 1.29 is 0 Å². The lowest BCUT2D eigenvalue weighted by Crippen LogP contribution is -2.74. The molecule has 2 heterocycles. The van der Waals surface area contributed by atoms with E-state index in [1.165, 1.54) is 131 Å². The molecule has 0 aliphatic heterocycles. The summed E-state index contributed by atoms with van der Waals surface area (Å²) >= 11 is 0.